The number of aromatic nitrogens is 1. The van der Waals surface area contributed by atoms with Gasteiger partial charge in [-0.1, -0.05) is 54.2 Å². The van der Waals surface area contributed by atoms with Gasteiger partial charge in [-0.25, -0.2) is 4.98 Å². The van der Waals surface area contributed by atoms with Crippen molar-refractivity contribution < 1.29 is 4.79 Å². The number of para-hydroxylation sites is 1. The lowest BCUT2D eigenvalue weighted by molar-refractivity contribution is 0.0763. The quantitative estimate of drug-likeness (QED) is 0.478. The molecule has 2 heterocycles. The summed E-state index contributed by atoms with van der Waals surface area (Å²) < 4.78 is 0. The first kappa shape index (κ1) is 19.2. The Balaban J connectivity index is 1.91. The molecule has 1 aromatic heterocycles. The lowest BCUT2D eigenvalue weighted by Gasteiger charge is -2.23. The highest BCUT2D eigenvalue weighted by Gasteiger charge is 2.24. The van der Waals surface area contributed by atoms with E-state index in [1.54, 1.807) is 12.1 Å². The van der Waals surface area contributed by atoms with Crippen molar-refractivity contribution in [3.8, 4) is 11.3 Å². The summed E-state index contributed by atoms with van der Waals surface area (Å²) in [6, 6.07) is 13.2. The van der Waals surface area contributed by atoms with Crippen molar-refractivity contribution in [1.29, 1.82) is 0 Å². The third-order valence-electron chi connectivity index (χ3n) is 5.43. The molecule has 0 spiro atoms. The lowest BCUT2D eigenvalue weighted by Crippen LogP contribution is -2.32. The van der Waals surface area contributed by atoms with Crippen molar-refractivity contribution in [3.63, 3.8) is 0 Å². The van der Waals surface area contributed by atoms with Gasteiger partial charge in [0.15, 0.2) is 0 Å². The van der Waals surface area contributed by atoms with Crippen LogP contribution in [0.15, 0.2) is 42.5 Å². The molecule has 3 nitrogen and oxygen atoms in total. The number of benzene rings is 2. The fourth-order valence-electron chi connectivity index (χ4n) is 3.96. The van der Waals surface area contributed by atoms with Gasteiger partial charge < -0.3 is 4.90 Å². The summed E-state index contributed by atoms with van der Waals surface area (Å²) in [5.74, 6) is 0.0873. The van der Waals surface area contributed by atoms with Crippen LogP contribution in [0.25, 0.3) is 22.2 Å². The van der Waals surface area contributed by atoms with E-state index in [-0.39, 0.29) is 5.91 Å². The van der Waals surface area contributed by atoms with Gasteiger partial charge in [0.05, 0.1) is 21.8 Å². The Hall–Kier alpha value is -2.10. The maximum atomic E-state index is 13.6. The van der Waals surface area contributed by atoms with E-state index in [0.717, 1.165) is 59.2 Å². The topological polar surface area (TPSA) is 33.2 Å². The van der Waals surface area contributed by atoms with E-state index in [1.807, 2.05) is 42.2 Å². The molecule has 1 saturated heterocycles. The van der Waals surface area contributed by atoms with Crippen molar-refractivity contribution >= 4 is 40.0 Å². The third-order valence-corrected chi connectivity index (χ3v) is 5.98. The average Bonchev–Trinajstić information content (AvgIpc) is 2.97. The van der Waals surface area contributed by atoms with Crippen LogP contribution < -0.4 is 0 Å². The summed E-state index contributed by atoms with van der Waals surface area (Å²) in [5.41, 5.74) is 3.91. The second-order valence-corrected chi connectivity index (χ2v) is 8.15. The zero-order valence-electron chi connectivity index (χ0n) is 15.8. The third kappa shape index (κ3) is 3.61. The van der Waals surface area contributed by atoms with Gasteiger partial charge in [-0.2, -0.15) is 0 Å². The second kappa shape index (κ2) is 8.10. The van der Waals surface area contributed by atoms with Gasteiger partial charge in [0.1, 0.15) is 0 Å². The van der Waals surface area contributed by atoms with Crippen molar-refractivity contribution in [2.75, 3.05) is 13.1 Å². The molecule has 3 aromatic rings. The van der Waals surface area contributed by atoms with E-state index >= 15 is 0 Å². The van der Waals surface area contributed by atoms with Gasteiger partial charge in [-0.15, -0.1) is 0 Å². The number of nitrogens with zero attached hydrogens (tertiary/aromatic N) is 2. The van der Waals surface area contributed by atoms with Crippen LogP contribution in [-0.2, 0) is 0 Å². The predicted molar refractivity (Wildman–Crippen MR) is 116 cm³/mol. The standard InChI is InChI=1S/C23H22Cl2N2O/c1-15-21(23(28)27-12-6-2-3-7-13-27)18-8-4-5-9-20(18)26-22(15)17-11-10-16(24)14-19(17)25/h4-5,8-11,14H,2-3,6-7,12-13H2,1H3. The smallest absolute Gasteiger partial charge is 0.254 e. The minimum atomic E-state index is 0.0873. The highest BCUT2D eigenvalue weighted by atomic mass is 35.5. The Morgan fingerprint density at radius 1 is 1.00 bits per heavy atom. The average molecular weight is 413 g/mol. The zero-order valence-corrected chi connectivity index (χ0v) is 17.4. The molecular formula is C23H22Cl2N2O. The Bertz CT molecular complexity index is 1040. The van der Waals surface area contributed by atoms with Crippen LogP contribution in [0.1, 0.15) is 41.6 Å². The predicted octanol–water partition coefficient (Wildman–Crippen LogP) is 6.53. The van der Waals surface area contributed by atoms with Crippen LogP contribution >= 0.6 is 23.2 Å². The zero-order chi connectivity index (χ0) is 19.7. The van der Waals surface area contributed by atoms with E-state index in [9.17, 15) is 4.79 Å². The van der Waals surface area contributed by atoms with Crippen LogP contribution in [0, 0.1) is 6.92 Å². The van der Waals surface area contributed by atoms with Crippen molar-refractivity contribution in [1.82, 2.24) is 9.88 Å². The molecule has 1 aliphatic heterocycles. The first-order valence-electron chi connectivity index (χ1n) is 9.70. The van der Waals surface area contributed by atoms with Gasteiger partial charge >= 0.3 is 0 Å². The number of carbonyl (C=O) groups is 1. The van der Waals surface area contributed by atoms with Crippen molar-refractivity contribution in [3.05, 3.63) is 63.6 Å². The summed E-state index contributed by atoms with van der Waals surface area (Å²) in [5, 5.41) is 2.00. The molecule has 1 aliphatic rings. The monoisotopic (exact) mass is 412 g/mol. The van der Waals surface area contributed by atoms with E-state index in [2.05, 4.69) is 0 Å². The number of hydrogen-bond donors (Lipinski definition) is 0. The number of carbonyl (C=O) groups excluding carboxylic acids is 1. The lowest BCUT2D eigenvalue weighted by atomic mass is 9.96. The summed E-state index contributed by atoms with van der Waals surface area (Å²) in [6.45, 7) is 3.59. The van der Waals surface area contributed by atoms with Gasteiger partial charge in [0, 0.05) is 29.1 Å². The molecule has 5 heteroatoms. The van der Waals surface area contributed by atoms with E-state index in [1.165, 1.54) is 12.8 Å². The van der Waals surface area contributed by atoms with Gasteiger partial charge in [-0.05, 0) is 49.6 Å². The molecule has 2 aromatic carbocycles. The number of rotatable bonds is 2. The molecule has 0 bridgehead atoms. The maximum absolute atomic E-state index is 13.6. The number of halogens is 2. The molecule has 144 valence electrons. The Labute approximate surface area is 175 Å². The first-order chi connectivity index (χ1) is 13.6. The van der Waals surface area contributed by atoms with E-state index in [4.69, 9.17) is 28.2 Å². The van der Waals surface area contributed by atoms with E-state index in [0.29, 0.717) is 10.0 Å². The van der Waals surface area contributed by atoms with Crippen LogP contribution in [0.4, 0.5) is 0 Å². The van der Waals surface area contributed by atoms with Gasteiger partial charge in [0.25, 0.3) is 5.91 Å². The first-order valence-corrected chi connectivity index (χ1v) is 10.5. The van der Waals surface area contributed by atoms with E-state index < -0.39 is 0 Å². The number of amides is 1. The second-order valence-electron chi connectivity index (χ2n) is 7.31. The van der Waals surface area contributed by atoms with Crippen molar-refractivity contribution in [2.45, 2.75) is 32.6 Å². The minimum Gasteiger partial charge on any atom is -0.339 e. The Morgan fingerprint density at radius 2 is 1.71 bits per heavy atom. The molecule has 4 rings (SSSR count). The molecule has 0 aliphatic carbocycles. The SMILES string of the molecule is Cc1c(-c2ccc(Cl)cc2Cl)nc2ccccc2c1C(=O)N1CCCCCC1. The molecule has 0 radical (unpaired) electrons. The number of hydrogen-bond acceptors (Lipinski definition) is 2. The van der Waals surface area contributed by atoms with Crippen LogP contribution in [0.5, 0.6) is 0 Å². The van der Waals surface area contributed by atoms with Crippen LogP contribution in [-0.4, -0.2) is 28.9 Å². The molecule has 1 amide bonds. The Morgan fingerprint density at radius 3 is 2.43 bits per heavy atom. The highest BCUT2D eigenvalue weighted by Crippen LogP contribution is 2.35. The fraction of sp³-hybridized carbons (Fsp3) is 0.304. The van der Waals surface area contributed by atoms with Gasteiger partial charge in [0.2, 0.25) is 0 Å². The van der Waals surface area contributed by atoms with Crippen LogP contribution in [0.2, 0.25) is 10.0 Å². The van der Waals surface area contributed by atoms with Crippen LogP contribution in [0.3, 0.4) is 0 Å². The minimum absolute atomic E-state index is 0.0873. The van der Waals surface area contributed by atoms with Gasteiger partial charge in [-0.3, -0.25) is 4.79 Å². The molecule has 28 heavy (non-hydrogen) atoms. The van der Waals surface area contributed by atoms with Crippen molar-refractivity contribution in [2.24, 2.45) is 0 Å². The molecular weight excluding hydrogens is 391 g/mol. The molecule has 0 N–H and O–H groups in total. The number of fused-ring (bicyclic) bond motifs is 1. The summed E-state index contributed by atoms with van der Waals surface area (Å²) >= 11 is 12.5. The maximum Gasteiger partial charge on any atom is 0.254 e. The normalized spacial score (nSPS) is 14.9. The molecule has 0 atom stereocenters. The number of likely N-dealkylation sites (tertiary alicyclic amines) is 1. The fourth-order valence-corrected chi connectivity index (χ4v) is 4.46. The molecule has 0 saturated carbocycles. The Kier molecular flexibility index (Phi) is 5.56. The summed E-state index contributed by atoms with van der Waals surface area (Å²) in [4.78, 5) is 20.4. The highest BCUT2D eigenvalue weighted by molar-refractivity contribution is 6.36. The number of pyridine rings is 1. The molecule has 1 fully saturated rings. The summed E-state index contributed by atoms with van der Waals surface area (Å²) in [6.07, 6.45) is 4.49. The molecule has 0 unspecified atom stereocenters. The summed E-state index contributed by atoms with van der Waals surface area (Å²) in [7, 11) is 0. The largest absolute Gasteiger partial charge is 0.339 e.